The van der Waals surface area contributed by atoms with Gasteiger partial charge in [-0.3, -0.25) is 0 Å². The zero-order valence-electron chi connectivity index (χ0n) is 12.5. The molecule has 2 aromatic carbocycles. The molecule has 1 N–H and O–H groups in total. The number of rotatable bonds is 6. The molecule has 2 rings (SSSR count). The van der Waals surface area contributed by atoms with Gasteiger partial charge in [-0.15, -0.1) is 0 Å². The zero-order chi connectivity index (χ0) is 15.2. The van der Waals surface area contributed by atoms with Crippen LogP contribution in [0.5, 0.6) is 11.5 Å². The summed E-state index contributed by atoms with van der Waals surface area (Å²) in [5.41, 5.74) is 2.18. The van der Waals surface area contributed by atoms with Crippen molar-refractivity contribution in [2.75, 3.05) is 21.3 Å². The first-order chi connectivity index (χ1) is 10.2. The molecule has 0 aliphatic heterocycles. The van der Waals surface area contributed by atoms with E-state index in [-0.39, 0.29) is 6.04 Å². The van der Waals surface area contributed by atoms with Crippen LogP contribution in [0.4, 0.5) is 0 Å². The molecule has 0 bridgehead atoms. The van der Waals surface area contributed by atoms with Crippen LogP contribution in [0.25, 0.3) is 0 Å². The fraction of sp³-hybridized carbons (Fsp3) is 0.294. The maximum absolute atomic E-state index is 6.10. The third kappa shape index (κ3) is 3.69. The van der Waals surface area contributed by atoms with Gasteiger partial charge < -0.3 is 14.8 Å². The smallest absolute Gasteiger partial charge is 0.123 e. The van der Waals surface area contributed by atoms with Gasteiger partial charge in [0, 0.05) is 16.6 Å². The van der Waals surface area contributed by atoms with E-state index in [0.29, 0.717) is 5.02 Å². The van der Waals surface area contributed by atoms with Crippen molar-refractivity contribution in [3.05, 3.63) is 58.6 Å². The summed E-state index contributed by atoms with van der Waals surface area (Å²) in [4.78, 5) is 0. The van der Waals surface area contributed by atoms with Crippen LogP contribution in [0.1, 0.15) is 17.2 Å². The number of hydrogen-bond donors (Lipinski definition) is 1. The van der Waals surface area contributed by atoms with Gasteiger partial charge in [-0.05, 0) is 43.3 Å². The Labute approximate surface area is 130 Å². The third-order valence-corrected chi connectivity index (χ3v) is 3.76. The summed E-state index contributed by atoms with van der Waals surface area (Å²) in [5, 5.41) is 4.04. The highest BCUT2D eigenvalue weighted by atomic mass is 35.5. The molecule has 21 heavy (non-hydrogen) atoms. The van der Waals surface area contributed by atoms with Gasteiger partial charge in [0.2, 0.25) is 0 Å². The van der Waals surface area contributed by atoms with E-state index in [0.717, 1.165) is 29.0 Å². The lowest BCUT2D eigenvalue weighted by Gasteiger charge is -2.20. The maximum atomic E-state index is 6.10. The third-order valence-electron chi connectivity index (χ3n) is 3.53. The lowest BCUT2D eigenvalue weighted by Crippen LogP contribution is -2.19. The predicted octanol–water partition coefficient (Wildman–Crippen LogP) is 3.86. The summed E-state index contributed by atoms with van der Waals surface area (Å²) in [5.74, 6) is 1.72. The van der Waals surface area contributed by atoms with E-state index in [4.69, 9.17) is 21.1 Å². The first kappa shape index (κ1) is 15.7. The molecule has 0 heterocycles. The van der Waals surface area contributed by atoms with Crippen molar-refractivity contribution in [1.29, 1.82) is 0 Å². The van der Waals surface area contributed by atoms with Gasteiger partial charge in [-0.1, -0.05) is 29.8 Å². The minimum atomic E-state index is 0.119. The van der Waals surface area contributed by atoms with E-state index in [2.05, 4.69) is 11.4 Å². The molecule has 0 fully saturated rings. The number of likely N-dealkylation sites (N-methyl/N-ethyl adjacent to an activating group) is 1. The Balaban J connectivity index is 2.33. The predicted molar refractivity (Wildman–Crippen MR) is 86.5 cm³/mol. The maximum Gasteiger partial charge on any atom is 0.123 e. The lowest BCUT2D eigenvalue weighted by atomic mass is 9.97. The van der Waals surface area contributed by atoms with Crippen molar-refractivity contribution in [3.63, 3.8) is 0 Å². The summed E-state index contributed by atoms with van der Waals surface area (Å²) in [6.07, 6.45) is 0.764. The highest BCUT2D eigenvalue weighted by Crippen LogP contribution is 2.31. The average Bonchev–Trinajstić information content (AvgIpc) is 2.52. The van der Waals surface area contributed by atoms with Gasteiger partial charge in [0.25, 0.3) is 0 Å². The van der Waals surface area contributed by atoms with Gasteiger partial charge in [0.05, 0.1) is 14.2 Å². The summed E-state index contributed by atoms with van der Waals surface area (Å²) in [6, 6.07) is 13.8. The number of ether oxygens (including phenoxy) is 2. The van der Waals surface area contributed by atoms with Crippen molar-refractivity contribution < 1.29 is 9.47 Å². The van der Waals surface area contributed by atoms with Crippen molar-refractivity contribution in [3.8, 4) is 11.5 Å². The number of hydrogen-bond acceptors (Lipinski definition) is 3. The number of para-hydroxylation sites is 1. The van der Waals surface area contributed by atoms with E-state index in [1.165, 1.54) is 0 Å². The van der Waals surface area contributed by atoms with E-state index in [1.807, 2.05) is 43.4 Å². The van der Waals surface area contributed by atoms with E-state index >= 15 is 0 Å². The largest absolute Gasteiger partial charge is 0.496 e. The Kier molecular flexibility index (Phi) is 5.48. The molecule has 0 amide bonds. The van der Waals surface area contributed by atoms with E-state index in [9.17, 15) is 0 Å². The molecule has 0 saturated carbocycles. The molecule has 3 nitrogen and oxygen atoms in total. The SMILES string of the molecule is CNC(Cc1cc(Cl)ccc1OC)c1ccccc1OC. The van der Waals surface area contributed by atoms with Gasteiger partial charge >= 0.3 is 0 Å². The zero-order valence-corrected chi connectivity index (χ0v) is 13.3. The normalized spacial score (nSPS) is 12.0. The highest BCUT2D eigenvalue weighted by molar-refractivity contribution is 6.30. The first-order valence-corrected chi connectivity index (χ1v) is 7.20. The molecule has 0 aromatic heterocycles. The summed E-state index contributed by atoms with van der Waals surface area (Å²) < 4.78 is 10.9. The molecule has 112 valence electrons. The van der Waals surface area contributed by atoms with Crippen LogP contribution >= 0.6 is 11.6 Å². The fourth-order valence-electron chi connectivity index (χ4n) is 2.45. The van der Waals surface area contributed by atoms with Crippen LogP contribution in [0.15, 0.2) is 42.5 Å². The van der Waals surface area contributed by atoms with Crippen LogP contribution < -0.4 is 14.8 Å². The molecule has 0 radical (unpaired) electrons. The standard InChI is InChI=1S/C17H20ClNO2/c1-19-15(14-6-4-5-7-17(14)21-3)11-12-10-13(18)8-9-16(12)20-2/h4-10,15,19H,11H2,1-3H3. The van der Waals surface area contributed by atoms with Crippen LogP contribution in [-0.4, -0.2) is 21.3 Å². The Hall–Kier alpha value is -1.71. The molecule has 0 saturated heterocycles. The molecular weight excluding hydrogens is 286 g/mol. The van der Waals surface area contributed by atoms with Gasteiger partial charge in [0.15, 0.2) is 0 Å². The minimum absolute atomic E-state index is 0.119. The van der Waals surface area contributed by atoms with Crippen LogP contribution in [0, 0.1) is 0 Å². The van der Waals surface area contributed by atoms with Crippen LogP contribution in [0.2, 0.25) is 5.02 Å². The molecule has 0 aliphatic rings. The number of methoxy groups -OCH3 is 2. The monoisotopic (exact) mass is 305 g/mol. The number of nitrogens with one attached hydrogen (secondary N) is 1. The van der Waals surface area contributed by atoms with Gasteiger partial charge in [-0.25, -0.2) is 0 Å². The second-order valence-electron chi connectivity index (χ2n) is 4.74. The number of benzene rings is 2. The molecule has 1 unspecified atom stereocenters. The van der Waals surface area contributed by atoms with Crippen LogP contribution in [0.3, 0.4) is 0 Å². The van der Waals surface area contributed by atoms with Crippen molar-refractivity contribution >= 4 is 11.6 Å². The van der Waals surface area contributed by atoms with E-state index in [1.54, 1.807) is 14.2 Å². The minimum Gasteiger partial charge on any atom is -0.496 e. The fourth-order valence-corrected chi connectivity index (χ4v) is 2.64. The van der Waals surface area contributed by atoms with E-state index < -0.39 is 0 Å². The lowest BCUT2D eigenvalue weighted by molar-refractivity contribution is 0.395. The number of halogens is 1. The highest BCUT2D eigenvalue weighted by Gasteiger charge is 2.17. The molecule has 0 spiro atoms. The second-order valence-corrected chi connectivity index (χ2v) is 5.18. The molecule has 0 aliphatic carbocycles. The molecule has 1 atom stereocenters. The molecular formula is C17H20ClNO2. The molecule has 4 heteroatoms. The Morgan fingerprint density at radius 1 is 1.05 bits per heavy atom. The van der Waals surface area contributed by atoms with Crippen molar-refractivity contribution in [2.45, 2.75) is 12.5 Å². The topological polar surface area (TPSA) is 30.5 Å². The van der Waals surface area contributed by atoms with Gasteiger partial charge in [0.1, 0.15) is 11.5 Å². The van der Waals surface area contributed by atoms with Gasteiger partial charge in [-0.2, -0.15) is 0 Å². The van der Waals surface area contributed by atoms with Crippen LogP contribution in [-0.2, 0) is 6.42 Å². The summed E-state index contributed by atoms with van der Waals surface area (Å²) >= 11 is 6.10. The Morgan fingerprint density at radius 2 is 1.76 bits per heavy atom. The Bertz CT molecular complexity index is 601. The quantitative estimate of drug-likeness (QED) is 0.879. The Morgan fingerprint density at radius 3 is 2.43 bits per heavy atom. The van der Waals surface area contributed by atoms with Crippen molar-refractivity contribution in [1.82, 2.24) is 5.32 Å². The second kappa shape index (κ2) is 7.34. The summed E-state index contributed by atoms with van der Waals surface area (Å²) in [7, 11) is 5.30. The molecule has 2 aromatic rings. The summed E-state index contributed by atoms with van der Waals surface area (Å²) in [6.45, 7) is 0. The average molecular weight is 306 g/mol. The van der Waals surface area contributed by atoms with Crippen molar-refractivity contribution in [2.24, 2.45) is 0 Å². The first-order valence-electron chi connectivity index (χ1n) is 6.82.